The van der Waals surface area contributed by atoms with Crippen molar-refractivity contribution in [1.29, 1.82) is 0 Å². The van der Waals surface area contributed by atoms with E-state index in [4.69, 9.17) is 21.1 Å². The van der Waals surface area contributed by atoms with Gasteiger partial charge in [-0.3, -0.25) is 4.79 Å². The van der Waals surface area contributed by atoms with Crippen molar-refractivity contribution in [3.63, 3.8) is 0 Å². The summed E-state index contributed by atoms with van der Waals surface area (Å²) in [4.78, 5) is 28.4. The molecule has 0 saturated heterocycles. The van der Waals surface area contributed by atoms with Crippen molar-refractivity contribution >= 4 is 29.2 Å². The molecule has 0 fully saturated rings. The van der Waals surface area contributed by atoms with Crippen LogP contribution in [0.4, 0.5) is 5.69 Å². The third-order valence-electron chi connectivity index (χ3n) is 4.58. The molecule has 0 aliphatic heterocycles. The average molecular weight is 463 g/mol. The number of anilines is 1. The Kier molecular flexibility index (Phi) is 6.96. The molecule has 4 aromatic rings. The van der Waals surface area contributed by atoms with Gasteiger partial charge in [0.2, 0.25) is 0 Å². The first-order valence-electron chi connectivity index (χ1n) is 9.97. The lowest BCUT2D eigenvalue weighted by molar-refractivity contribution is -0.149. The van der Waals surface area contributed by atoms with Crippen LogP contribution in [0.1, 0.15) is 0 Å². The summed E-state index contributed by atoms with van der Waals surface area (Å²) in [6.07, 6.45) is 2.86. The van der Waals surface area contributed by atoms with E-state index in [1.165, 1.54) is 17.3 Å². The normalized spacial score (nSPS) is 10.5. The largest absolute Gasteiger partial charge is 0.481 e. The number of esters is 1. The van der Waals surface area contributed by atoms with Gasteiger partial charge < -0.3 is 14.8 Å². The molecule has 1 N–H and O–H groups in total. The van der Waals surface area contributed by atoms with E-state index in [0.717, 1.165) is 11.1 Å². The van der Waals surface area contributed by atoms with Crippen molar-refractivity contribution in [2.24, 2.45) is 0 Å². The van der Waals surface area contributed by atoms with E-state index in [0.29, 0.717) is 22.1 Å². The zero-order valence-electron chi connectivity index (χ0n) is 17.3. The smallest absolute Gasteiger partial charge is 0.344 e. The number of hydrogen-bond donors (Lipinski definition) is 1. The van der Waals surface area contributed by atoms with E-state index >= 15 is 0 Å². The Hall–Kier alpha value is -4.17. The lowest BCUT2D eigenvalue weighted by Gasteiger charge is -2.13. The van der Waals surface area contributed by atoms with Gasteiger partial charge in [0.15, 0.2) is 13.2 Å². The molecular weight excluding hydrogens is 444 g/mol. The predicted octanol–water partition coefficient (Wildman–Crippen LogP) is 4.15. The minimum absolute atomic E-state index is 0.335. The Morgan fingerprint density at radius 2 is 1.76 bits per heavy atom. The van der Waals surface area contributed by atoms with Gasteiger partial charge in [0, 0.05) is 10.6 Å². The van der Waals surface area contributed by atoms with Gasteiger partial charge in [0.1, 0.15) is 18.4 Å². The highest BCUT2D eigenvalue weighted by atomic mass is 35.5. The highest BCUT2D eigenvalue weighted by molar-refractivity contribution is 6.31. The Bertz CT molecular complexity index is 1250. The monoisotopic (exact) mass is 462 g/mol. The van der Waals surface area contributed by atoms with Crippen molar-refractivity contribution in [1.82, 2.24) is 14.8 Å². The quantitative estimate of drug-likeness (QED) is 0.395. The topological polar surface area (TPSA) is 95.3 Å². The molecule has 0 aliphatic carbocycles. The maximum Gasteiger partial charge on any atom is 0.344 e. The molecule has 3 aromatic carbocycles. The number of rotatable bonds is 8. The summed E-state index contributed by atoms with van der Waals surface area (Å²) in [5.74, 6) is -0.659. The van der Waals surface area contributed by atoms with Gasteiger partial charge in [-0.15, -0.1) is 0 Å². The molecule has 0 spiro atoms. The SMILES string of the molecule is O=C(COC(=O)COc1ccccc1-c1ccccc1)Nc1cc(Cl)ccc1-n1cncn1. The molecule has 0 radical (unpaired) electrons. The number of ether oxygens (including phenoxy) is 2. The predicted molar refractivity (Wildman–Crippen MR) is 123 cm³/mol. The van der Waals surface area contributed by atoms with Crippen LogP contribution < -0.4 is 10.1 Å². The highest BCUT2D eigenvalue weighted by Gasteiger charge is 2.14. The van der Waals surface area contributed by atoms with Crippen LogP contribution in [0.25, 0.3) is 16.8 Å². The minimum atomic E-state index is -0.671. The number of halogens is 1. The van der Waals surface area contributed by atoms with E-state index in [1.54, 1.807) is 24.3 Å². The molecule has 0 bridgehead atoms. The second-order valence-electron chi connectivity index (χ2n) is 6.86. The lowest BCUT2D eigenvalue weighted by Crippen LogP contribution is -2.24. The standard InChI is InChI=1S/C24H19ClN4O4/c25-18-10-11-21(29-16-26-15-27-29)20(12-18)28-23(30)13-33-24(31)14-32-22-9-5-4-8-19(22)17-6-2-1-3-7-17/h1-12,15-16H,13-14H2,(H,28,30). The third kappa shape index (κ3) is 5.75. The molecule has 8 nitrogen and oxygen atoms in total. The Morgan fingerprint density at radius 3 is 2.55 bits per heavy atom. The van der Waals surface area contributed by atoms with Gasteiger partial charge in [-0.1, -0.05) is 60.1 Å². The molecule has 1 amide bonds. The van der Waals surface area contributed by atoms with E-state index < -0.39 is 18.5 Å². The second-order valence-corrected chi connectivity index (χ2v) is 7.30. The highest BCUT2D eigenvalue weighted by Crippen LogP contribution is 2.29. The van der Waals surface area contributed by atoms with Crippen LogP contribution in [-0.4, -0.2) is 39.9 Å². The molecule has 33 heavy (non-hydrogen) atoms. The van der Waals surface area contributed by atoms with E-state index in [2.05, 4.69) is 15.4 Å². The molecule has 0 atom stereocenters. The fourth-order valence-corrected chi connectivity index (χ4v) is 3.27. The van der Waals surface area contributed by atoms with Crippen LogP contribution in [-0.2, 0) is 14.3 Å². The molecule has 9 heteroatoms. The van der Waals surface area contributed by atoms with E-state index in [-0.39, 0.29) is 6.61 Å². The van der Waals surface area contributed by atoms with Gasteiger partial charge in [-0.25, -0.2) is 14.5 Å². The van der Waals surface area contributed by atoms with Crippen LogP contribution in [0.15, 0.2) is 85.5 Å². The van der Waals surface area contributed by atoms with Crippen LogP contribution in [0.2, 0.25) is 5.02 Å². The fraction of sp³-hybridized carbons (Fsp3) is 0.0833. The van der Waals surface area contributed by atoms with E-state index in [1.807, 2.05) is 48.5 Å². The molecule has 4 rings (SSSR count). The number of carbonyl (C=O) groups excluding carboxylic acids is 2. The minimum Gasteiger partial charge on any atom is -0.481 e. The number of benzene rings is 3. The van der Waals surface area contributed by atoms with Crippen molar-refractivity contribution < 1.29 is 19.1 Å². The summed E-state index contributed by atoms with van der Waals surface area (Å²) < 4.78 is 12.2. The number of para-hydroxylation sites is 1. The fourth-order valence-electron chi connectivity index (χ4n) is 3.10. The van der Waals surface area contributed by atoms with Gasteiger partial charge in [-0.05, 0) is 29.8 Å². The summed E-state index contributed by atoms with van der Waals surface area (Å²) >= 11 is 6.05. The second kappa shape index (κ2) is 10.4. The first-order valence-corrected chi connectivity index (χ1v) is 10.4. The summed E-state index contributed by atoms with van der Waals surface area (Å²) in [5.41, 5.74) is 2.79. The summed E-state index contributed by atoms with van der Waals surface area (Å²) in [6.45, 7) is -0.815. The Balaban J connectivity index is 1.33. The number of amides is 1. The van der Waals surface area contributed by atoms with Crippen LogP contribution in [0.3, 0.4) is 0 Å². The molecule has 1 heterocycles. The van der Waals surface area contributed by atoms with Crippen LogP contribution in [0.5, 0.6) is 5.75 Å². The molecule has 0 aliphatic rings. The number of hydrogen-bond acceptors (Lipinski definition) is 6. The molecular formula is C24H19ClN4O4. The maximum atomic E-state index is 12.3. The number of nitrogens with zero attached hydrogens (tertiary/aromatic N) is 3. The van der Waals surface area contributed by atoms with Crippen LogP contribution in [0, 0.1) is 0 Å². The van der Waals surface area contributed by atoms with Gasteiger partial charge in [0.25, 0.3) is 5.91 Å². The average Bonchev–Trinajstić information content (AvgIpc) is 3.37. The van der Waals surface area contributed by atoms with Crippen molar-refractivity contribution in [2.75, 3.05) is 18.5 Å². The van der Waals surface area contributed by atoms with Crippen LogP contribution >= 0.6 is 11.6 Å². The third-order valence-corrected chi connectivity index (χ3v) is 4.81. The number of nitrogens with one attached hydrogen (secondary N) is 1. The van der Waals surface area contributed by atoms with Crippen molar-refractivity contribution in [3.8, 4) is 22.6 Å². The maximum absolute atomic E-state index is 12.3. The Morgan fingerprint density at radius 1 is 0.970 bits per heavy atom. The first-order chi connectivity index (χ1) is 16.1. The number of carbonyl (C=O) groups is 2. The first kappa shape index (κ1) is 22.0. The number of aromatic nitrogens is 3. The molecule has 1 aromatic heterocycles. The van der Waals surface area contributed by atoms with Gasteiger partial charge in [0.05, 0.1) is 11.4 Å². The molecule has 0 unspecified atom stereocenters. The van der Waals surface area contributed by atoms with Gasteiger partial charge in [-0.2, -0.15) is 5.10 Å². The van der Waals surface area contributed by atoms with Crippen molar-refractivity contribution in [2.45, 2.75) is 0 Å². The molecule has 166 valence electrons. The van der Waals surface area contributed by atoms with Crippen molar-refractivity contribution in [3.05, 3.63) is 90.5 Å². The summed E-state index contributed by atoms with van der Waals surface area (Å²) in [7, 11) is 0. The summed E-state index contributed by atoms with van der Waals surface area (Å²) in [6, 6.07) is 22.0. The lowest BCUT2D eigenvalue weighted by atomic mass is 10.1. The summed E-state index contributed by atoms with van der Waals surface area (Å²) in [5, 5.41) is 7.15. The zero-order chi connectivity index (χ0) is 23.0. The van der Waals surface area contributed by atoms with E-state index in [9.17, 15) is 9.59 Å². The van der Waals surface area contributed by atoms with Gasteiger partial charge >= 0.3 is 5.97 Å². The zero-order valence-corrected chi connectivity index (χ0v) is 18.1. The Labute approximate surface area is 194 Å². The molecule has 0 saturated carbocycles.